The molecule has 0 unspecified atom stereocenters. The van der Waals surface area contributed by atoms with E-state index in [9.17, 15) is 44.1 Å². The number of esters is 1. The molecule has 0 bridgehead atoms. The van der Waals surface area contributed by atoms with Crippen molar-refractivity contribution in [3.63, 3.8) is 0 Å². The van der Waals surface area contributed by atoms with Crippen molar-refractivity contribution >= 4 is 38.7 Å². The molecule has 0 aliphatic heterocycles. The number of rotatable bonds is 5. The highest BCUT2D eigenvalue weighted by molar-refractivity contribution is 14.1. The Hall–Kier alpha value is -1.29. The lowest BCUT2D eigenvalue weighted by Gasteiger charge is -2.36. The van der Waals surface area contributed by atoms with Crippen molar-refractivity contribution < 1.29 is 53.6 Å². The van der Waals surface area contributed by atoms with Gasteiger partial charge in [-0.2, -0.15) is 26.3 Å². The van der Waals surface area contributed by atoms with Crippen molar-refractivity contribution in [2.75, 3.05) is 12.9 Å². The largest absolute Gasteiger partial charge is 0.748 e. The number of carbonyl (C=O) groups is 1. The van der Waals surface area contributed by atoms with Gasteiger partial charge in [0.15, 0.2) is 0 Å². The fraction of sp³-hybridized carbons (Fsp3) is 0.417. The van der Waals surface area contributed by atoms with Crippen LogP contribution in [0, 0.1) is 3.57 Å². The Morgan fingerprint density at radius 2 is 1.65 bits per heavy atom. The Labute approximate surface area is 156 Å². The molecule has 1 aromatic rings. The molecular weight excluding hydrogens is 513 g/mol. The van der Waals surface area contributed by atoms with Gasteiger partial charge in [0.2, 0.25) is 0 Å². The molecule has 0 aromatic heterocycles. The molecule has 0 radical (unpaired) electrons. The van der Waals surface area contributed by atoms with E-state index in [2.05, 4.69) is 4.74 Å². The monoisotopic (exact) mass is 521 g/mol. The summed E-state index contributed by atoms with van der Waals surface area (Å²) in [6.45, 7) is 0. The van der Waals surface area contributed by atoms with Crippen LogP contribution in [0.5, 0.6) is 5.75 Å². The number of hydrogen-bond donors (Lipinski definition) is 0. The summed E-state index contributed by atoms with van der Waals surface area (Å²) in [7, 11) is -4.96. The molecule has 0 fully saturated rings. The SMILES string of the molecule is COc1cc(C(=O)OC(CS(=O)(=O)[O-])(C(F)(F)F)C(F)(F)F)ccc1I. The minimum Gasteiger partial charge on any atom is -0.748 e. The predicted molar refractivity (Wildman–Crippen MR) is 80.5 cm³/mol. The van der Waals surface area contributed by atoms with Crippen LogP contribution in [0.25, 0.3) is 0 Å². The van der Waals surface area contributed by atoms with Crippen molar-refractivity contribution in [3.8, 4) is 5.75 Å². The first-order valence-corrected chi connectivity index (χ1v) is 8.83. The molecule has 6 nitrogen and oxygen atoms in total. The van der Waals surface area contributed by atoms with Crippen LogP contribution in [0.3, 0.4) is 0 Å². The molecule has 0 N–H and O–H groups in total. The van der Waals surface area contributed by atoms with Crippen molar-refractivity contribution in [2.45, 2.75) is 18.0 Å². The minimum absolute atomic E-state index is 0.0545. The zero-order valence-electron chi connectivity index (χ0n) is 12.4. The molecular formula is C12H8F6IO6S-. The molecule has 0 amide bonds. The first kappa shape index (κ1) is 22.8. The lowest BCUT2D eigenvalue weighted by molar-refractivity contribution is -0.356. The van der Waals surface area contributed by atoms with Crippen molar-refractivity contribution in [2.24, 2.45) is 0 Å². The second-order valence-electron chi connectivity index (χ2n) is 4.76. The number of benzene rings is 1. The van der Waals surface area contributed by atoms with Gasteiger partial charge >= 0.3 is 23.9 Å². The zero-order chi connectivity index (χ0) is 20.6. The Morgan fingerprint density at radius 1 is 1.15 bits per heavy atom. The van der Waals surface area contributed by atoms with Crippen LogP contribution in [0.2, 0.25) is 0 Å². The number of halogens is 7. The van der Waals surface area contributed by atoms with E-state index in [1.165, 1.54) is 0 Å². The first-order chi connectivity index (χ1) is 11.5. The van der Waals surface area contributed by atoms with Gasteiger partial charge in [-0.1, -0.05) is 0 Å². The second-order valence-corrected chi connectivity index (χ2v) is 7.33. The van der Waals surface area contributed by atoms with Crippen LogP contribution in [-0.4, -0.2) is 49.8 Å². The molecule has 0 saturated heterocycles. The fourth-order valence-corrected chi connectivity index (χ4v) is 3.16. The van der Waals surface area contributed by atoms with E-state index in [0.29, 0.717) is 3.57 Å². The third kappa shape index (κ3) is 4.91. The molecule has 0 atom stereocenters. The highest BCUT2D eigenvalue weighted by Gasteiger charge is 2.75. The molecule has 14 heteroatoms. The van der Waals surface area contributed by atoms with Crippen LogP contribution in [0.1, 0.15) is 10.4 Å². The summed E-state index contributed by atoms with van der Waals surface area (Å²) in [6.07, 6.45) is -12.8. The smallest absolute Gasteiger partial charge is 0.438 e. The van der Waals surface area contributed by atoms with Crippen LogP contribution in [0.15, 0.2) is 18.2 Å². The van der Waals surface area contributed by atoms with E-state index in [0.717, 1.165) is 25.3 Å². The normalized spacial score (nSPS) is 13.4. The summed E-state index contributed by atoms with van der Waals surface area (Å²) in [4.78, 5) is 11.8. The van der Waals surface area contributed by atoms with Gasteiger partial charge in [0, 0.05) is 0 Å². The quantitative estimate of drug-likeness (QED) is 0.256. The van der Waals surface area contributed by atoms with E-state index in [1.54, 1.807) is 22.6 Å². The second kappa shape index (κ2) is 7.38. The summed E-state index contributed by atoms with van der Waals surface area (Å²) in [5, 5.41) is 0. The van der Waals surface area contributed by atoms with Gasteiger partial charge in [-0.3, -0.25) is 0 Å². The van der Waals surface area contributed by atoms with Gasteiger partial charge in [-0.15, -0.1) is 0 Å². The maximum atomic E-state index is 13.1. The first-order valence-electron chi connectivity index (χ1n) is 6.18. The van der Waals surface area contributed by atoms with Crippen LogP contribution in [0.4, 0.5) is 26.3 Å². The van der Waals surface area contributed by atoms with Gasteiger partial charge in [-0.05, 0) is 40.8 Å². The predicted octanol–water partition coefficient (Wildman–Crippen LogP) is 2.87. The highest BCUT2D eigenvalue weighted by atomic mass is 127. The van der Waals surface area contributed by atoms with Crippen LogP contribution in [-0.2, 0) is 14.9 Å². The molecule has 1 rings (SSSR count). The molecule has 0 aliphatic carbocycles. The molecule has 0 saturated carbocycles. The van der Waals surface area contributed by atoms with E-state index in [-0.39, 0.29) is 5.75 Å². The van der Waals surface area contributed by atoms with Crippen molar-refractivity contribution in [1.29, 1.82) is 0 Å². The maximum Gasteiger partial charge on any atom is 0.438 e. The van der Waals surface area contributed by atoms with Gasteiger partial charge < -0.3 is 14.0 Å². The van der Waals surface area contributed by atoms with E-state index in [1.807, 2.05) is 0 Å². The Morgan fingerprint density at radius 3 is 2.04 bits per heavy atom. The van der Waals surface area contributed by atoms with Crippen molar-refractivity contribution in [1.82, 2.24) is 0 Å². The standard InChI is InChI=1S/C12H9F6IO6S/c1-24-8-4-6(2-3-7(8)19)9(20)25-10(11(13,14)15,12(16,17)18)5-26(21,22)23/h2-4H,5H2,1H3,(H,21,22,23)/p-1. The Balaban J connectivity index is 3.48. The van der Waals surface area contributed by atoms with Gasteiger partial charge in [-0.25, -0.2) is 13.2 Å². The molecule has 26 heavy (non-hydrogen) atoms. The number of hydrogen-bond acceptors (Lipinski definition) is 6. The molecule has 0 heterocycles. The average molecular weight is 521 g/mol. The summed E-state index contributed by atoms with van der Waals surface area (Å²) >= 11 is 1.71. The highest BCUT2D eigenvalue weighted by Crippen LogP contribution is 2.47. The summed E-state index contributed by atoms with van der Waals surface area (Å²) in [5.74, 6) is -5.25. The van der Waals surface area contributed by atoms with Crippen LogP contribution >= 0.6 is 22.6 Å². The molecule has 1 aromatic carbocycles. The maximum absolute atomic E-state index is 13.1. The molecule has 148 valence electrons. The topological polar surface area (TPSA) is 92.7 Å². The van der Waals surface area contributed by atoms with Crippen LogP contribution < -0.4 is 4.74 Å². The summed E-state index contributed by atoms with van der Waals surface area (Å²) in [6, 6.07) is 2.78. The number of ether oxygens (including phenoxy) is 2. The Bertz CT molecular complexity index is 774. The lowest BCUT2D eigenvalue weighted by Crippen LogP contribution is -2.63. The molecule has 0 spiro atoms. The van der Waals surface area contributed by atoms with Crippen molar-refractivity contribution in [3.05, 3.63) is 27.3 Å². The van der Waals surface area contributed by atoms with Gasteiger partial charge in [0.05, 0.1) is 32.1 Å². The number of carbonyl (C=O) groups excluding carboxylic acids is 1. The number of methoxy groups -OCH3 is 1. The zero-order valence-corrected chi connectivity index (χ0v) is 15.4. The van der Waals surface area contributed by atoms with E-state index >= 15 is 0 Å². The number of alkyl halides is 6. The van der Waals surface area contributed by atoms with Gasteiger partial charge in [0.1, 0.15) is 5.75 Å². The average Bonchev–Trinajstić information content (AvgIpc) is 2.43. The van der Waals surface area contributed by atoms with Gasteiger partial charge in [0.25, 0.3) is 0 Å². The fourth-order valence-electron chi connectivity index (χ4n) is 1.72. The third-order valence-electron chi connectivity index (χ3n) is 2.95. The third-order valence-corrected chi connectivity index (χ3v) is 4.60. The minimum atomic E-state index is -6.42. The van der Waals surface area contributed by atoms with E-state index in [4.69, 9.17) is 4.74 Å². The molecule has 0 aliphatic rings. The lowest BCUT2D eigenvalue weighted by atomic mass is 10.1. The van der Waals surface area contributed by atoms with E-state index < -0.39 is 45.4 Å². The summed E-state index contributed by atoms with van der Waals surface area (Å²) < 4.78 is 119. The summed E-state index contributed by atoms with van der Waals surface area (Å²) in [5.41, 5.74) is -6.29. The Kier molecular flexibility index (Phi) is 6.46.